The van der Waals surface area contributed by atoms with E-state index in [1.807, 2.05) is 48.5 Å². The fourth-order valence-electron chi connectivity index (χ4n) is 2.90. The molecular formula is C20H15N3O2. The van der Waals surface area contributed by atoms with Gasteiger partial charge in [0.25, 0.3) is 0 Å². The van der Waals surface area contributed by atoms with Crippen LogP contribution in [0.15, 0.2) is 67.0 Å². The standard InChI is InChI=1S/C20H15N3O2/c1-25-20(24)16-9-5-8-14-17-12-21-11-10-15(17)19(23-18(14)16)22-13-6-3-2-4-7-13/h2-12H,1H3,(H,22,23). The Morgan fingerprint density at radius 3 is 2.60 bits per heavy atom. The molecule has 0 radical (unpaired) electrons. The molecule has 5 heteroatoms. The largest absolute Gasteiger partial charge is 0.465 e. The molecule has 4 rings (SSSR count). The van der Waals surface area contributed by atoms with Crippen LogP contribution in [0, 0.1) is 0 Å². The fourth-order valence-corrected chi connectivity index (χ4v) is 2.90. The van der Waals surface area contributed by atoms with Gasteiger partial charge in [-0.3, -0.25) is 4.98 Å². The van der Waals surface area contributed by atoms with E-state index in [4.69, 9.17) is 9.72 Å². The number of methoxy groups -OCH3 is 1. The maximum atomic E-state index is 12.1. The van der Waals surface area contributed by atoms with Crippen molar-refractivity contribution in [1.82, 2.24) is 9.97 Å². The second-order valence-corrected chi connectivity index (χ2v) is 5.57. The Labute approximate surface area is 144 Å². The lowest BCUT2D eigenvalue weighted by Crippen LogP contribution is -2.04. The number of hydrogen-bond donors (Lipinski definition) is 1. The topological polar surface area (TPSA) is 64.1 Å². The average molecular weight is 329 g/mol. The van der Waals surface area contributed by atoms with Crippen molar-refractivity contribution < 1.29 is 9.53 Å². The van der Waals surface area contributed by atoms with Crippen LogP contribution >= 0.6 is 0 Å². The van der Waals surface area contributed by atoms with E-state index in [0.29, 0.717) is 16.9 Å². The third-order valence-electron chi connectivity index (χ3n) is 4.07. The first-order valence-electron chi connectivity index (χ1n) is 7.85. The van der Waals surface area contributed by atoms with Crippen LogP contribution < -0.4 is 5.32 Å². The summed E-state index contributed by atoms with van der Waals surface area (Å²) >= 11 is 0. The van der Waals surface area contributed by atoms with Crippen molar-refractivity contribution in [3.63, 3.8) is 0 Å². The molecule has 0 saturated heterocycles. The monoisotopic (exact) mass is 329 g/mol. The predicted molar refractivity (Wildman–Crippen MR) is 98.1 cm³/mol. The van der Waals surface area contributed by atoms with Crippen LogP contribution in [-0.2, 0) is 4.74 Å². The van der Waals surface area contributed by atoms with E-state index in [2.05, 4.69) is 10.3 Å². The molecule has 4 aromatic rings. The van der Waals surface area contributed by atoms with Crippen molar-refractivity contribution >= 4 is 39.1 Å². The molecule has 0 bridgehead atoms. The van der Waals surface area contributed by atoms with E-state index in [0.717, 1.165) is 21.8 Å². The number of carbonyl (C=O) groups is 1. The van der Waals surface area contributed by atoms with Crippen LogP contribution in [0.25, 0.3) is 21.7 Å². The highest BCUT2D eigenvalue weighted by Gasteiger charge is 2.15. The number of hydrogen-bond acceptors (Lipinski definition) is 5. The van der Waals surface area contributed by atoms with Crippen LogP contribution in [0.1, 0.15) is 10.4 Å². The average Bonchev–Trinajstić information content (AvgIpc) is 2.68. The maximum absolute atomic E-state index is 12.1. The van der Waals surface area contributed by atoms with Gasteiger partial charge in [-0.2, -0.15) is 0 Å². The van der Waals surface area contributed by atoms with E-state index >= 15 is 0 Å². The Bertz CT molecular complexity index is 1080. The number of ether oxygens (including phenoxy) is 1. The molecule has 25 heavy (non-hydrogen) atoms. The van der Waals surface area contributed by atoms with Gasteiger partial charge in [0, 0.05) is 34.2 Å². The van der Waals surface area contributed by atoms with Gasteiger partial charge >= 0.3 is 5.97 Å². The van der Waals surface area contributed by atoms with Gasteiger partial charge in [0.15, 0.2) is 0 Å². The summed E-state index contributed by atoms with van der Waals surface area (Å²) < 4.78 is 4.90. The zero-order valence-electron chi connectivity index (χ0n) is 13.6. The maximum Gasteiger partial charge on any atom is 0.340 e. The van der Waals surface area contributed by atoms with Crippen molar-refractivity contribution in [3.05, 3.63) is 72.6 Å². The minimum atomic E-state index is -0.410. The van der Waals surface area contributed by atoms with Crippen LogP contribution in [0.5, 0.6) is 0 Å². The lowest BCUT2D eigenvalue weighted by atomic mass is 10.0. The summed E-state index contributed by atoms with van der Waals surface area (Å²) in [6.45, 7) is 0. The number of fused-ring (bicyclic) bond motifs is 3. The van der Waals surface area contributed by atoms with E-state index in [9.17, 15) is 4.79 Å². The van der Waals surface area contributed by atoms with Crippen LogP contribution in [0.2, 0.25) is 0 Å². The van der Waals surface area contributed by atoms with E-state index in [1.165, 1.54) is 7.11 Å². The molecule has 5 nitrogen and oxygen atoms in total. The molecule has 0 atom stereocenters. The third-order valence-corrected chi connectivity index (χ3v) is 4.07. The van der Waals surface area contributed by atoms with Gasteiger partial charge in [-0.25, -0.2) is 9.78 Å². The fraction of sp³-hybridized carbons (Fsp3) is 0.0500. The van der Waals surface area contributed by atoms with Crippen LogP contribution in [0.3, 0.4) is 0 Å². The molecule has 2 aromatic heterocycles. The normalized spacial score (nSPS) is 10.8. The SMILES string of the molecule is COC(=O)c1cccc2c1nc(Nc1ccccc1)c1ccncc12. The third kappa shape index (κ3) is 2.65. The first kappa shape index (κ1) is 15.1. The number of nitrogens with one attached hydrogen (secondary N) is 1. The van der Waals surface area contributed by atoms with Crippen molar-refractivity contribution in [2.45, 2.75) is 0 Å². The Hall–Kier alpha value is -3.47. The van der Waals surface area contributed by atoms with Crippen molar-refractivity contribution in [1.29, 1.82) is 0 Å². The molecule has 1 N–H and O–H groups in total. The highest BCUT2D eigenvalue weighted by Crippen LogP contribution is 2.32. The zero-order valence-corrected chi connectivity index (χ0v) is 13.6. The summed E-state index contributed by atoms with van der Waals surface area (Å²) in [6.07, 6.45) is 3.52. The molecule has 0 amide bonds. The first-order valence-corrected chi connectivity index (χ1v) is 7.85. The molecule has 122 valence electrons. The first-order chi connectivity index (χ1) is 12.3. The number of para-hydroxylation sites is 2. The van der Waals surface area contributed by atoms with Gasteiger partial charge in [-0.1, -0.05) is 30.3 Å². The highest BCUT2D eigenvalue weighted by molar-refractivity contribution is 6.15. The number of carbonyl (C=O) groups excluding carboxylic acids is 1. The quantitative estimate of drug-likeness (QED) is 0.448. The van der Waals surface area contributed by atoms with Crippen molar-refractivity contribution in [2.24, 2.45) is 0 Å². The van der Waals surface area contributed by atoms with E-state index in [-0.39, 0.29) is 0 Å². The summed E-state index contributed by atoms with van der Waals surface area (Å²) in [5.74, 6) is 0.263. The number of pyridine rings is 2. The minimum Gasteiger partial charge on any atom is -0.465 e. The number of esters is 1. The zero-order chi connectivity index (χ0) is 17.2. The summed E-state index contributed by atoms with van der Waals surface area (Å²) in [5.41, 5.74) is 1.94. The van der Waals surface area contributed by atoms with E-state index < -0.39 is 5.97 Å². The molecule has 0 aliphatic heterocycles. The Balaban J connectivity index is 2.02. The number of benzene rings is 2. The minimum absolute atomic E-state index is 0.410. The Kier molecular flexibility index (Phi) is 3.74. The lowest BCUT2D eigenvalue weighted by molar-refractivity contribution is 0.0603. The molecule has 2 aromatic carbocycles. The number of aromatic nitrogens is 2. The van der Waals surface area contributed by atoms with Gasteiger partial charge in [0.05, 0.1) is 18.2 Å². The summed E-state index contributed by atoms with van der Waals surface area (Å²) in [5, 5.41) is 6.06. The molecule has 0 fully saturated rings. The smallest absolute Gasteiger partial charge is 0.340 e. The molecule has 0 saturated carbocycles. The number of anilines is 2. The van der Waals surface area contributed by atoms with Crippen LogP contribution in [0.4, 0.5) is 11.5 Å². The van der Waals surface area contributed by atoms with Gasteiger partial charge < -0.3 is 10.1 Å². The summed E-state index contributed by atoms with van der Waals surface area (Å²) in [6, 6.07) is 17.2. The number of nitrogens with zero attached hydrogens (tertiary/aromatic N) is 2. The molecular weight excluding hydrogens is 314 g/mol. The van der Waals surface area contributed by atoms with Gasteiger partial charge in [0.2, 0.25) is 0 Å². The lowest BCUT2D eigenvalue weighted by Gasteiger charge is -2.13. The van der Waals surface area contributed by atoms with E-state index in [1.54, 1.807) is 18.5 Å². The highest BCUT2D eigenvalue weighted by atomic mass is 16.5. The predicted octanol–water partition coefficient (Wildman–Crippen LogP) is 4.31. The Morgan fingerprint density at radius 1 is 0.960 bits per heavy atom. The van der Waals surface area contributed by atoms with Crippen molar-refractivity contribution in [3.8, 4) is 0 Å². The Morgan fingerprint density at radius 2 is 1.80 bits per heavy atom. The van der Waals surface area contributed by atoms with Gasteiger partial charge in [-0.05, 0) is 24.3 Å². The molecule has 0 spiro atoms. The molecule has 0 aliphatic carbocycles. The summed E-state index contributed by atoms with van der Waals surface area (Å²) in [7, 11) is 1.37. The van der Waals surface area contributed by atoms with Gasteiger partial charge in [0.1, 0.15) is 5.82 Å². The number of rotatable bonds is 3. The molecule has 0 aliphatic rings. The molecule has 0 unspecified atom stereocenters. The van der Waals surface area contributed by atoms with Crippen LogP contribution in [-0.4, -0.2) is 23.0 Å². The molecule has 2 heterocycles. The van der Waals surface area contributed by atoms with Gasteiger partial charge in [-0.15, -0.1) is 0 Å². The second kappa shape index (κ2) is 6.20. The van der Waals surface area contributed by atoms with Crippen molar-refractivity contribution in [2.75, 3.05) is 12.4 Å². The summed E-state index contributed by atoms with van der Waals surface area (Å²) in [4.78, 5) is 21.1. The second-order valence-electron chi connectivity index (χ2n) is 5.57.